The summed E-state index contributed by atoms with van der Waals surface area (Å²) in [6.07, 6.45) is 5.00. The van der Waals surface area contributed by atoms with Crippen molar-refractivity contribution in [2.45, 2.75) is 40.2 Å². The van der Waals surface area contributed by atoms with E-state index in [0.29, 0.717) is 6.54 Å². The van der Waals surface area contributed by atoms with Gasteiger partial charge in [0.25, 0.3) is 0 Å². The first-order valence-corrected chi connectivity index (χ1v) is 9.82. The predicted octanol–water partition coefficient (Wildman–Crippen LogP) is 4.17. The Hall–Kier alpha value is -2.83. The highest BCUT2D eigenvalue weighted by atomic mass is 16.4. The fourth-order valence-electron chi connectivity index (χ4n) is 3.62. The van der Waals surface area contributed by atoms with Crippen molar-refractivity contribution in [2.24, 2.45) is 11.8 Å². The zero-order valence-electron chi connectivity index (χ0n) is 16.8. The van der Waals surface area contributed by atoms with Gasteiger partial charge < -0.3 is 20.6 Å². The molecular weight excluding hydrogens is 354 g/mol. The first kappa shape index (κ1) is 19.9. The van der Waals surface area contributed by atoms with Crippen LogP contribution in [0.2, 0.25) is 0 Å². The van der Waals surface area contributed by atoms with Gasteiger partial charge in [-0.1, -0.05) is 26.0 Å². The van der Waals surface area contributed by atoms with E-state index in [1.54, 1.807) is 0 Å². The Labute approximate surface area is 166 Å². The average molecular weight is 383 g/mol. The summed E-state index contributed by atoms with van der Waals surface area (Å²) in [7, 11) is 0. The molecule has 150 valence electrons. The van der Waals surface area contributed by atoms with E-state index < -0.39 is 6.09 Å². The molecule has 1 aliphatic rings. The fraction of sp³-hybridized carbons (Fsp3) is 0.476. The molecule has 1 aromatic heterocycles. The van der Waals surface area contributed by atoms with E-state index in [4.69, 9.17) is 5.11 Å². The van der Waals surface area contributed by atoms with E-state index >= 15 is 0 Å². The number of amides is 1. The largest absolute Gasteiger partial charge is 0.465 e. The third-order valence-electron chi connectivity index (χ3n) is 5.42. The van der Waals surface area contributed by atoms with Gasteiger partial charge in [-0.05, 0) is 48.8 Å². The minimum atomic E-state index is -1.02. The molecule has 3 N–H and O–H groups in total. The highest BCUT2D eigenvalue weighted by Crippen LogP contribution is 2.27. The summed E-state index contributed by atoms with van der Waals surface area (Å²) in [6, 6.07) is 5.81. The molecule has 1 fully saturated rings. The lowest BCUT2D eigenvalue weighted by atomic mass is 9.87. The quantitative estimate of drug-likeness (QED) is 0.694. The summed E-state index contributed by atoms with van der Waals surface area (Å²) in [4.78, 5) is 22.0. The van der Waals surface area contributed by atoms with Gasteiger partial charge in [0, 0.05) is 25.3 Å². The summed E-state index contributed by atoms with van der Waals surface area (Å²) in [5.41, 5.74) is 3.74. The zero-order valence-corrected chi connectivity index (χ0v) is 16.8. The van der Waals surface area contributed by atoms with E-state index in [-0.39, 0.29) is 0 Å². The van der Waals surface area contributed by atoms with E-state index in [1.807, 2.05) is 37.5 Å². The van der Waals surface area contributed by atoms with Crippen molar-refractivity contribution in [3.63, 3.8) is 0 Å². The summed E-state index contributed by atoms with van der Waals surface area (Å²) >= 11 is 0. The summed E-state index contributed by atoms with van der Waals surface area (Å²) in [5, 5.41) is 14.4. The van der Waals surface area contributed by atoms with Crippen molar-refractivity contribution >= 4 is 23.4 Å². The molecule has 7 heteroatoms. The smallest absolute Gasteiger partial charge is 0.404 e. The first-order valence-electron chi connectivity index (χ1n) is 9.82. The van der Waals surface area contributed by atoms with Crippen LogP contribution in [-0.4, -0.2) is 34.3 Å². The van der Waals surface area contributed by atoms with E-state index in [2.05, 4.69) is 39.3 Å². The molecule has 0 atom stereocenters. The first-order chi connectivity index (χ1) is 13.4. The third-order valence-corrected chi connectivity index (χ3v) is 5.42. The number of piperidine rings is 1. The van der Waals surface area contributed by atoms with Gasteiger partial charge in [-0.2, -0.15) is 0 Å². The Kier molecular flexibility index (Phi) is 6.34. The van der Waals surface area contributed by atoms with Crippen LogP contribution < -0.4 is 15.5 Å². The fourth-order valence-corrected chi connectivity index (χ4v) is 3.62. The number of hydrogen-bond acceptors (Lipinski definition) is 5. The molecule has 0 saturated carbocycles. The van der Waals surface area contributed by atoms with Gasteiger partial charge >= 0.3 is 6.09 Å². The van der Waals surface area contributed by atoms with Crippen LogP contribution in [0.1, 0.15) is 37.8 Å². The van der Waals surface area contributed by atoms with Crippen LogP contribution in [0, 0.1) is 18.8 Å². The molecule has 1 aliphatic heterocycles. The minimum Gasteiger partial charge on any atom is -0.465 e. The number of nitrogens with zero attached hydrogens (tertiary/aromatic N) is 3. The monoisotopic (exact) mass is 383 g/mol. The topological polar surface area (TPSA) is 90.4 Å². The van der Waals surface area contributed by atoms with Crippen molar-refractivity contribution in [3.8, 4) is 0 Å². The number of hydrogen-bond donors (Lipinski definition) is 3. The van der Waals surface area contributed by atoms with Crippen LogP contribution in [-0.2, 0) is 6.54 Å². The Bertz CT molecular complexity index is 799. The zero-order chi connectivity index (χ0) is 20.1. The van der Waals surface area contributed by atoms with E-state index in [9.17, 15) is 4.79 Å². The van der Waals surface area contributed by atoms with Gasteiger partial charge in [0.15, 0.2) is 0 Å². The molecule has 0 unspecified atom stereocenters. The van der Waals surface area contributed by atoms with Crippen molar-refractivity contribution in [2.75, 3.05) is 23.3 Å². The maximum absolute atomic E-state index is 10.6. The number of anilines is 3. The van der Waals surface area contributed by atoms with Gasteiger partial charge in [0.2, 0.25) is 5.95 Å². The highest BCUT2D eigenvalue weighted by molar-refractivity contribution is 5.65. The number of aromatic nitrogens is 2. The molecule has 2 aromatic rings. The van der Waals surface area contributed by atoms with Crippen molar-refractivity contribution in [1.29, 1.82) is 0 Å². The molecule has 28 heavy (non-hydrogen) atoms. The third kappa shape index (κ3) is 5.12. The van der Waals surface area contributed by atoms with Crippen LogP contribution in [0.5, 0.6) is 0 Å². The van der Waals surface area contributed by atoms with Crippen molar-refractivity contribution < 1.29 is 9.90 Å². The molecule has 1 aromatic carbocycles. The molecule has 1 saturated heterocycles. The molecule has 0 bridgehead atoms. The molecule has 0 aliphatic carbocycles. The van der Waals surface area contributed by atoms with Crippen molar-refractivity contribution in [3.05, 3.63) is 41.7 Å². The highest BCUT2D eigenvalue weighted by Gasteiger charge is 2.22. The lowest BCUT2D eigenvalue weighted by molar-refractivity contribution is 0.194. The molecule has 0 spiro atoms. The van der Waals surface area contributed by atoms with Gasteiger partial charge in [-0.15, -0.1) is 0 Å². The molecule has 2 heterocycles. The molecule has 3 rings (SSSR count). The van der Waals surface area contributed by atoms with Gasteiger partial charge in [0.1, 0.15) is 0 Å². The number of carboxylic acid groups (broad SMARTS) is 1. The average Bonchev–Trinajstić information content (AvgIpc) is 2.69. The summed E-state index contributed by atoms with van der Waals surface area (Å²) < 4.78 is 0. The Morgan fingerprint density at radius 1 is 1.25 bits per heavy atom. The standard InChI is InChI=1S/C21H29N5O2/c1-14(2)17-6-8-26(9-7-17)20-22-12-18(13-23-20)25-19-5-4-16(10-15(19)3)11-24-21(27)28/h4-5,10,12-14,17,24-25H,6-9,11H2,1-3H3,(H,27,28). The van der Waals surface area contributed by atoms with Crippen LogP contribution in [0.3, 0.4) is 0 Å². The van der Waals surface area contributed by atoms with Gasteiger partial charge in [0.05, 0.1) is 18.1 Å². The second kappa shape index (κ2) is 8.91. The maximum Gasteiger partial charge on any atom is 0.404 e. The molecule has 0 radical (unpaired) electrons. The summed E-state index contributed by atoms with van der Waals surface area (Å²) in [6.45, 7) is 8.91. The molecular formula is C21H29N5O2. The van der Waals surface area contributed by atoms with Crippen LogP contribution >= 0.6 is 0 Å². The summed E-state index contributed by atoms with van der Waals surface area (Å²) in [5.74, 6) is 2.33. The normalized spacial score (nSPS) is 14.9. The molecule has 1 amide bonds. The Morgan fingerprint density at radius 3 is 2.50 bits per heavy atom. The Balaban J connectivity index is 1.59. The SMILES string of the molecule is Cc1cc(CNC(=O)O)ccc1Nc1cnc(N2CCC(C(C)C)CC2)nc1. The van der Waals surface area contributed by atoms with Gasteiger partial charge in [-0.3, -0.25) is 0 Å². The predicted molar refractivity (Wildman–Crippen MR) is 111 cm³/mol. The molecule has 7 nitrogen and oxygen atoms in total. The second-order valence-electron chi connectivity index (χ2n) is 7.77. The minimum absolute atomic E-state index is 0.293. The van der Waals surface area contributed by atoms with E-state index in [1.165, 1.54) is 12.8 Å². The maximum atomic E-state index is 10.6. The Morgan fingerprint density at radius 2 is 1.93 bits per heavy atom. The number of carbonyl (C=O) groups is 1. The number of rotatable bonds is 6. The lowest BCUT2D eigenvalue weighted by Crippen LogP contribution is -2.36. The van der Waals surface area contributed by atoms with E-state index in [0.717, 1.165) is 53.4 Å². The lowest BCUT2D eigenvalue weighted by Gasteiger charge is -2.33. The number of nitrogens with one attached hydrogen (secondary N) is 2. The number of aryl methyl sites for hydroxylation is 1. The van der Waals surface area contributed by atoms with Crippen LogP contribution in [0.4, 0.5) is 22.1 Å². The van der Waals surface area contributed by atoms with Gasteiger partial charge in [-0.25, -0.2) is 14.8 Å². The van der Waals surface area contributed by atoms with Crippen LogP contribution in [0.25, 0.3) is 0 Å². The van der Waals surface area contributed by atoms with Crippen LogP contribution in [0.15, 0.2) is 30.6 Å². The second-order valence-corrected chi connectivity index (χ2v) is 7.77. The number of benzene rings is 1. The van der Waals surface area contributed by atoms with Crippen molar-refractivity contribution in [1.82, 2.24) is 15.3 Å².